The fraction of sp³-hybridized carbons (Fsp3) is 0.300. The van der Waals surface area contributed by atoms with E-state index in [1.807, 2.05) is 6.07 Å². The molecule has 0 unspecified atom stereocenters. The minimum absolute atomic E-state index is 0. The van der Waals surface area contributed by atoms with Crippen LogP contribution >= 0.6 is 28.3 Å². The van der Waals surface area contributed by atoms with E-state index in [4.69, 9.17) is 4.74 Å². The highest BCUT2D eigenvalue weighted by Gasteiger charge is 2.06. The van der Waals surface area contributed by atoms with Gasteiger partial charge in [-0.05, 0) is 25.2 Å². The van der Waals surface area contributed by atoms with Crippen LogP contribution in [-0.4, -0.2) is 26.6 Å². The van der Waals surface area contributed by atoms with Crippen molar-refractivity contribution in [3.8, 4) is 5.75 Å². The molecular formula is C10H14BrClN2O2. The summed E-state index contributed by atoms with van der Waals surface area (Å²) in [5, 5.41) is 5.52. The van der Waals surface area contributed by atoms with Gasteiger partial charge in [0.25, 0.3) is 0 Å². The highest BCUT2D eigenvalue weighted by molar-refractivity contribution is 9.10. The number of likely N-dealkylation sites (N-methyl/N-ethyl adjacent to an activating group) is 1. The van der Waals surface area contributed by atoms with Crippen LogP contribution < -0.4 is 15.4 Å². The third-order valence-electron chi connectivity index (χ3n) is 1.77. The third-order valence-corrected chi connectivity index (χ3v) is 2.27. The summed E-state index contributed by atoms with van der Waals surface area (Å²) in [7, 11) is 3.29. The minimum Gasteiger partial charge on any atom is -0.495 e. The van der Waals surface area contributed by atoms with E-state index >= 15 is 0 Å². The van der Waals surface area contributed by atoms with E-state index in [1.54, 1.807) is 26.3 Å². The lowest BCUT2D eigenvalue weighted by atomic mass is 10.3. The van der Waals surface area contributed by atoms with Crippen molar-refractivity contribution in [2.75, 3.05) is 26.0 Å². The first-order valence-corrected chi connectivity index (χ1v) is 5.24. The van der Waals surface area contributed by atoms with Crippen molar-refractivity contribution in [1.29, 1.82) is 0 Å². The Kier molecular flexibility index (Phi) is 7.12. The van der Waals surface area contributed by atoms with Gasteiger partial charge in [-0.1, -0.05) is 15.9 Å². The normalized spacial score (nSPS) is 9.19. The average molecular weight is 310 g/mol. The number of ether oxygens (including phenoxy) is 1. The summed E-state index contributed by atoms with van der Waals surface area (Å²) in [6, 6.07) is 5.44. The maximum atomic E-state index is 11.3. The van der Waals surface area contributed by atoms with E-state index in [0.717, 1.165) is 4.47 Å². The number of carbonyl (C=O) groups excluding carboxylic acids is 1. The van der Waals surface area contributed by atoms with E-state index in [2.05, 4.69) is 26.6 Å². The van der Waals surface area contributed by atoms with Crippen molar-refractivity contribution >= 4 is 39.9 Å². The maximum Gasteiger partial charge on any atom is 0.238 e. The Hall–Kier alpha value is -0.780. The SMILES string of the molecule is CNCC(=O)Nc1cc(Br)ccc1OC.Cl. The second-order valence-electron chi connectivity index (χ2n) is 2.92. The predicted octanol–water partition coefficient (Wildman–Crippen LogP) is 2.04. The fourth-order valence-corrected chi connectivity index (χ4v) is 1.49. The number of hydrogen-bond donors (Lipinski definition) is 2. The lowest BCUT2D eigenvalue weighted by molar-refractivity contribution is -0.115. The second kappa shape index (κ2) is 7.49. The van der Waals surface area contributed by atoms with Crippen molar-refractivity contribution in [2.45, 2.75) is 0 Å². The smallest absolute Gasteiger partial charge is 0.238 e. The van der Waals surface area contributed by atoms with E-state index in [-0.39, 0.29) is 24.9 Å². The summed E-state index contributed by atoms with van der Waals surface area (Å²) in [6.07, 6.45) is 0. The quantitative estimate of drug-likeness (QED) is 0.895. The number of carbonyl (C=O) groups is 1. The molecule has 0 bridgehead atoms. The summed E-state index contributed by atoms with van der Waals surface area (Å²) in [5.74, 6) is 0.538. The van der Waals surface area contributed by atoms with Crippen molar-refractivity contribution in [1.82, 2.24) is 5.32 Å². The molecule has 0 atom stereocenters. The maximum absolute atomic E-state index is 11.3. The Labute approximate surface area is 109 Å². The summed E-state index contributed by atoms with van der Waals surface area (Å²) >= 11 is 3.33. The van der Waals surface area contributed by atoms with E-state index in [9.17, 15) is 4.79 Å². The van der Waals surface area contributed by atoms with Gasteiger partial charge in [0.1, 0.15) is 5.75 Å². The van der Waals surface area contributed by atoms with Crippen LogP contribution in [0.4, 0.5) is 5.69 Å². The van der Waals surface area contributed by atoms with Crippen LogP contribution in [0.2, 0.25) is 0 Å². The van der Waals surface area contributed by atoms with Crippen LogP contribution in [0, 0.1) is 0 Å². The Bertz CT molecular complexity index is 361. The molecule has 0 fully saturated rings. The van der Waals surface area contributed by atoms with Crippen molar-refractivity contribution in [2.24, 2.45) is 0 Å². The molecule has 0 aromatic heterocycles. The Morgan fingerprint density at radius 2 is 2.19 bits per heavy atom. The number of benzene rings is 1. The highest BCUT2D eigenvalue weighted by atomic mass is 79.9. The van der Waals surface area contributed by atoms with Gasteiger partial charge in [-0.3, -0.25) is 4.79 Å². The molecule has 1 aromatic carbocycles. The summed E-state index contributed by atoms with van der Waals surface area (Å²) < 4.78 is 6.02. The molecule has 0 heterocycles. The first-order chi connectivity index (χ1) is 7.17. The molecule has 0 saturated carbocycles. The van der Waals surface area contributed by atoms with Crippen LogP contribution in [0.15, 0.2) is 22.7 Å². The molecule has 4 nitrogen and oxygen atoms in total. The van der Waals surface area contributed by atoms with Crippen LogP contribution in [0.3, 0.4) is 0 Å². The fourth-order valence-electron chi connectivity index (χ4n) is 1.13. The Morgan fingerprint density at radius 1 is 1.50 bits per heavy atom. The molecule has 0 aliphatic rings. The zero-order chi connectivity index (χ0) is 11.3. The molecule has 90 valence electrons. The second-order valence-corrected chi connectivity index (χ2v) is 3.84. The van der Waals surface area contributed by atoms with Gasteiger partial charge in [0.05, 0.1) is 19.3 Å². The van der Waals surface area contributed by atoms with E-state index in [1.165, 1.54) is 0 Å². The molecule has 1 aromatic rings. The number of anilines is 1. The van der Waals surface area contributed by atoms with E-state index in [0.29, 0.717) is 11.4 Å². The number of nitrogens with one attached hydrogen (secondary N) is 2. The Morgan fingerprint density at radius 3 is 2.75 bits per heavy atom. The monoisotopic (exact) mass is 308 g/mol. The van der Waals surface area contributed by atoms with Gasteiger partial charge in [0, 0.05) is 4.47 Å². The number of rotatable bonds is 4. The van der Waals surface area contributed by atoms with Gasteiger partial charge in [0.2, 0.25) is 5.91 Å². The van der Waals surface area contributed by atoms with Crippen molar-refractivity contribution in [3.63, 3.8) is 0 Å². The molecule has 0 aliphatic carbocycles. The molecular weight excluding hydrogens is 295 g/mol. The van der Waals surface area contributed by atoms with Crippen molar-refractivity contribution in [3.05, 3.63) is 22.7 Å². The van der Waals surface area contributed by atoms with Crippen LogP contribution in [0.1, 0.15) is 0 Å². The lowest BCUT2D eigenvalue weighted by Crippen LogP contribution is -2.25. The van der Waals surface area contributed by atoms with Crippen LogP contribution in [0.25, 0.3) is 0 Å². The summed E-state index contributed by atoms with van der Waals surface area (Å²) in [5.41, 5.74) is 0.659. The molecule has 6 heteroatoms. The predicted molar refractivity (Wildman–Crippen MR) is 70.5 cm³/mol. The van der Waals surface area contributed by atoms with Crippen molar-refractivity contribution < 1.29 is 9.53 Å². The molecule has 0 spiro atoms. The topological polar surface area (TPSA) is 50.4 Å². The largest absolute Gasteiger partial charge is 0.495 e. The van der Waals surface area contributed by atoms with E-state index < -0.39 is 0 Å². The zero-order valence-corrected chi connectivity index (χ0v) is 11.4. The van der Waals surface area contributed by atoms with Crippen LogP contribution in [0.5, 0.6) is 5.75 Å². The first-order valence-electron chi connectivity index (χ1n) is 4.45. The van der Waals surface area contributed by atoms with Gasteiger partial charge in [-0.15, -0.1) is 12.4 Å². The average Bonchev–Trinajstić information content (AvgIpc) is 2.18. The van der Waals surface area contributed by atoms with Gasteiger partial charge in [-0.25, -0.2) is 0 Å². The molecule has 16 heavy (non-hydrogen) atoms. The number of hydrogen-bond acceptors (Lipinski definition) is 3. The number of amides is 1. The molecule has 0 radical (unpaired) electrons. The first kappa shape index (κ1) is 15.2. The van der Waals surface area contributed by atoms with Gasteiger partial charge in [0.15, 0.2) is 0 Å². The molecule has 2 N–H and O–H groups in total. The molecule has 1 rings (SSSR count). The molecule has 0 aliphatic heterocycles. The minimum atomic E-state index is -0.103. The van der Waals surface area contributed by atoms with Gasteiger partial charge >= 0.3 is 0 Å². The summed E-state index contributed by atoms with van der Waals surface area (Å²) in [4.78, 5) is 11.3. The number of methoxy groups -OCH3 is 1. The highest BCUT2D eigenvalue weighted by Crippen LogP contribution is 2.27. The van der Waals surface area contributed by atoms with Gasteiger partial charge in [-0.2, -0.15) is 0 Å². The third kappa shape index (κ3) is 4.38. The standard InChI is InChI=1S/C10H13BrN2O2.ClH/c1-12-6-10(14)13-8-5-7(11)3-4-9(8)15-2;/h3-5,12H,6H2,1-2H3,(H,13,14);1H. The molecule has 0 saturated heterocycles. The number of halogens is 2. The Balaban J connectivity index is 0.00000225. The zero-order valence-electron chi connectivity index (χ0n) is 9.04. The molecule has 1 amide bonds. The lowest BCUT2D eigenvalue weighted by Gasteiger charge is -2.10. The summed E-state index contributed by atoms with van der Waals surface area (Å²) in [6.45, 7) is 0.273. The van der Waals surface area contributed by atoms with Crippen LogP contribution in [-0.2, 0) is 4.79 Å². The van der Waals surface area contributed by atoms with Gasteiger partial charge < -0.3 is 15.4 Å².